The van der Waals surface area contributed by atoms with Gasteiger partial charge in [-0.3, -0.25) is 0 Å². The number of hydrogen-bond donors (Lipinski definition) is 1. The third-order valence-corrected chi connectivity index (χ3v) is 5.33. The van der Waals surface area contributed by atoms with Gasteiger partial charge in [0.05, 0.1) is 6.07 Å². The Morgan fingerprint density at radius 2 is 2.12 bits per heavy atom. The van der Waals surface area contributed by atoms with Crippen LogP contribution in [0.2, 0.25) is 0 Å². The van der Waals surface area contributed by atoms with Crippen LogP contribution in [-0.4, -0.2) is 43.6 Å². The third-order valence-electron chi connectivity index (χ3n) is 3.67. The standard InChI is InChI=1S/C11H19N3O2S/c12-6-9-17(15,16)14-8-2-1-5-11(14)10-4-3-7-13-10/h10-11,13H,1-5,7-9H2. The van der Waals surface area contributed by atoms with E-state index in [-0.39, 0.29) is 12.1 Å². The van der Waals surface area contributed by atoms with Crippen molar-refractivity contribution < 1.29 is 8.42 Å². The number of nitriles is 1. The fourth-order valence-corrected chi connectivity index (χ4v) is 4.28. The van der Waals surface area contributed by atoms with Crippen molar-refractivity contribution in [2.75, 3.05) is 18.8 Å². The van der Waals surface area contributed by atoms with Crippen LogP contribution in [0.5, 0.6) is 0 Å². The minimum absolute atomic E-state index is 0.0598. The van der Waals surface area contributed by atoms with Crippen molar-refractivity contribution in [3.8, 4) is 6.07 Å². The number of nitrogens with zero attached hydrogens (tertiary/aromatic N) is 2. The second kappa shape index (κ2) is 5.34. The summed E-state index contributed by atoms with van der Waals surface area (Å²) in [6.45, 7) is 1.56. The molecule has 1 N–H and O–H groups in total. The van der Waals surface area contributed by atoms with Crippen LogP contribution in [0.25, 0.3) is 0 Å². The van der Waals surface area contributed by atoms with E-state index in [1.165, 1.54) is 0 Å². The maximum atomic E-state index is 12.0. The minimum atomic E-state index is -3.39. The lowest BCUT2D eigenvalue weighted by molar-refractivity contribution is 0.211. The topological polar surface area (TPSA) is 73.2 Å². The molecule has 96 valence electrons. The molecule has 17 heavy (non-hydrogen) atoms. The smallest absolute Gasteiger partial charge is 0.227 e. The number of nitrogens with one attached hydrogen (secondary N) is 1. The first-order valence-electron chi connectivity index (χ1n) is 6.25. The molecule has 2 atom stereocenters. The molecule has 2 heterocycles. The van der Waals surface area contributed by atoms with Gasteiger partial charge in [0.25, 0.3) is 0 Å². The second-order valence-electron chi connectivity index (χ2n) is 4.79. The zero-order chi connectivity index (χ0) is 12.3. The van der Waals surface area contributed by atoms with E-state index in [0.717, 1.165) is 38.6 Å². The maximum absolute atomic E-state index is 12.0. The van der Waals surface area contributed by atoms with E-state index < -0.39 is 15.8 Å². The average molecular weight is 257 g/mol. The Balaban J connectivity index is 2.14. The summed E-state index contributed by atoms with van der Waals surface area (Å²) in [6, 6.07) is 2.11. The van der Waals surface area contributed by atoms with Gasteiger partial charge in [-0.05, 0) is 32.2 Å². The van der Waals surface area contributed by atoms with Crippen LogP contribution in [0.4, 0.5) is 0 Å². The largest absolute Gasteiger partial charge is 0.312 e. The molecule has 2 aliphatic rings. The first-order valence-corrected chi connectivity index (χ1v) is 7.86. The molecule has 2 fully saturated rings. The molecule has 6 heteroatoms. The minimum Gasteiger partial charge on any atom is -0.312 e. The van der Waals surface area contributed by atoms with Gasteiger partial charge in [0.15, 0.2) is 5.75 Å². The highest BCUT2D eigenvalue weighted by atomic mass is 32.2. The van der Waals surface area contributed by atoms with Crippen molar-refractivity contribution in [2.24, 2.45) is 0 Å². The molecule has 5 nitrogen and oxygen atoms in total. The first kappa shape index (κ1) is 12.8. The molecular formula is C11H19N3O2S. The predicted molar refractivity (Wildman–Crippen MR) is 64.8 cm³/mol. The molecule has 2 aliphatic heterocycles. The number of sulfonamides is 1. The summed E-state index contributed by atoms with van der Waals surface area (Å²) in [6.07, 6.45) is 5.08. The van der Waals surface area contributed by atoms with E-state index >= 15 is 0 Å². The van der Waals surface area contributed by atoms with Crippen molar-refractivity contribution in [1.29, 1.82) is 5.26 Å². The molecular weight excluding hydrogens is 238 g/mol. The highest BCUT2D eigenvalue weighted by Crippen LogP contribution is 2.26. The molecule has 0 amide bonds. The highest BCUT2D eigenvalue weighted by molar-refractivity contribution is 7.89. The van der Waals surface area contributed by atoms with Gasteiger partial charge < -0.3 is 5.32 Å². The van der Waals surface area contributed by atoms with Gasteiger partial charge in [-0.15, -0.1) is 0 Å². The quantitative estimate of drug-likeness (QED) is 0.796. The van der Waals surface area contributed by atoms with Crippen LogP contribution < -0.4 is 5.32 Å². The summed E-state index contributed by atoms with van der Waals surface area (Å²) in [7, 11) is -3.39. The van der Waals surface area contributed by atoms with Gasteiger partial charge in [0, 0.05) is 18.6 Å². The molecule has 0 saturated carbocycles. The van der Waals surface area contributed by atoms with Crippen LogP contribution in [0.15, 0.2) is 0 Å². The fraction of sp³-hybridized carbons (Fsp3) is 0.909. The van der Waals surface area contributed by atoms with Crippen molar-refractivity contribution in [3.63, 3.8) is 0 Å². The van der Waals surface area contributed by atoms with Gasteiger partial charge in [-0.25, -0.2) is 8.42 Å². The monoisotopic (exact) mass is 257 g/mol. The average Bonchev–Trinajstić information content (AvgIpc) is 2.82. The lowest BCUT2D eigenvalue weighted by Crippen LogP contribution is -2.52. The second-order valence-corrected chi connectivity index (χ2v) is 6.71. The Morgan fingerprint density at radius 3 is 2.76 bits per heavy atom. The molecule has 0 aromatic rings. The molecule has 0 bridgehead atoms. The van der Waals surface area contributed by atoms with E-state index in [2.05, 4.69) is 5.32 Å². The van der Waals surface area contributed by atoms with Crippen molar-refractivity contribution in [1.82, 2.24) is 9.62 Å². The van der Waals surface area contributed by atoms with Gasteiger partial charge in [0.2, 0.25) is 10.0 Å². The van der Waals surface area contributed by atoms with Crippen LogP contribution in [0.1, 0.15) is 32.1 Å². The molecule has 0 aliphatic carbocycles. The van der Waals surface area contributed by atoms with E-state index in [1.54, 1.807) is 10.4 Å². The Kier molecular flexibility index (Phi) is 4.02. The van der Waals surface area contributed by atoms with Gasteiger partial charge in [-0.2, -0.15) is 9.57 Å². The van der Waals surface area contributed by atoms with Crippen molar-refractivity contribution in [3.05, 3.63) is 0 Å². The Bertz CT molecular complexity index is 395. The summed E-state index contributed by atoms with van der Waals surface area (Å²) >= 11 is 0. The van der Waals surface area contributed by atoms with Crippen LogP contribution in [0, 0.1) is 11.3 Å². The van der Waals surface area contributed by atoms with Gasteiger partial charge >= 0.3 is 0 Å². The van der Waals surface area contributed by atoms with E-state index in [1.807, 2.05) is 0 Å². The summed E-state index contributed by atoms with van der Waals surface area (Å²) in [5.74, 6) is -0.393. The van der Waals surface area contributed by atoms with E-state index in [4.69, 9.17) is 5.26 Å². The van der Waals surface area contributed by atoms with Crippen LogP contribution >= 0.6 is 0 Å². The van der Waals surface area contributed by atoms with Crippen LogP contribution in [0.3, 0.4) is 0 Å². The molecule has 2 unspecified atom stereocenters. The number of hydrogen-bond acceptors (Lipinski definition) is 4. The highest BCUT2D eigenvalue weighted by Gasteiger charge is 2.37. The van der Waals surface area contributed by atoms with E-state index in [0.29, 0.717) is 6.54 Å². The third kappa shape index (κ3) is 2.79. The van der Waals surface area contributed by atoms with Crippen molar-refractivity contribution in [2.45, 2.75) is 44.2 Å². The molecule has 0 aromatic heterocycles. The lowest BCUT2D eigenvalue weighted by atomic mass is 9.97. The summed E-state index contributed by atoms with van der Waals surface area (Å²) in [5.41, 5.74) is 0. The van der Waals surface area contributed by atoms with Gasteiger partial charge in [0.1, 0.15) is 0 Å². The summed E-state index contributed by atoms with van der Waals surface area (Å²) < 4.78 is 25.6. The zero-order valence-corrected chi connectivity index (χ0v) is 10.7. The first-order chi connectivity index (χ1) is 8.15. The normalized spacial score (nSPS) is 31.2. The predicted octanol–water partition coefficient (Wildman–Crippen LogP) is 0.446. The SMILES string of the molecule is N#CCS(=O)(=O)N1CCCCC1C1CCCN1. The number of piperidine rings is 1. The Hall–Kier alpha value is -0.640. The maximum Gasteiger partial charge on any atom is 0.227 e. The molecule has 2 rings (SSSR count). The molecule has 0 radical (unpaired) electrons. The molecule has 0 spiro atoms. The Labute approximate surface area is 103 Å². The van der Waals surface area contributed by atoms with Crippen molar-refractivity contribution >= 4 is 10.0 Å². The summed E-state index contributed by atoms with van der Waals surface area (Å²) in [4.78, 5) is 0. The fourth-order valence-electron chi connectivity index (χ4n) is 2.88. The summed E-state index contributed by atoms with van der Waals surface area (Å²) in [5, 5.41) is 12.0. The molecule has 2 saturated heterocycles. The van der Waals surface area contributed by atoms with Gasteiger partial charge in [-0.1, -0.05) is 6.42 Å². The zero-order valence-electron chi connectivity index (χ0n) is 9.93. The Morgan fingerprint density at radius 1 is 1.29 bits per heavy atom. The molecule has 0 aromatic carbocycles. The lowest BCUT2D eigenvalue weighted by Gasteiger charge is -2.37. The van der Waals surface area contributed by atoms with Crippen LogP contribution in [-0.2, 0) is 10.0 Å². The van der Waals surface area contributed by atoms with E-state index in [9.17, 15) is 8.42 Å². The number of rotatable bonds is 3.